The zero-order valence-electron chi connectivity index (χ0n) is 32.2. The van der Waals surface area contributed by atoms with Crippen LogP contribution in [0.4, 0.5) is 0 Å². The third kappa shape index (κ3) is 35.8. The zero-order chi connectivity index (χ0) is 34.7. The van der Waals surface area contributed by atoms with Crippen LogP contribution in [0.1, 0.15) is 213 Å². The highest BCUT2D eigenvalue weighted by Gasteiger charge is 2.27. The molecule has 0 aliphatic carbocycles. The van der Waals surface area contributed by atoms with E-state index in [4.69, 9.17) is 4.74 Å². The molecule has 0 aromatic carbocycles. The van der Waals surface area contributed by atoms with E-state index in [1.54, 1.807) is 0 Å². The predicted molar refractivity (Wildman–Crippen MR) is 203 cm³/mol. The first-order chi connectivity index (χ1) is 22.8. The highest BCUT2D eigenvalue weighted by Crippen LogP contribution is 2.17. The van der Waals surface area contributed by atoms with Gasteiger partial charge in [-0.25, -0.2) is 4.79 Å². The Hall–Kier alpha value is -1.36. The summed E-state index contributed by atoms with van der Waals surface area (Å²) in [5.41, 5.74) is 0. The molecular weight excluding hydrogens is 582 g/mol. The number of carbonyl (C=O) groups excluding carboxylic acids is 1. The third-order valence-electron chi connectivity index (χ3n) is 9.58. The van der Waals surface area contributed by atoms with Gasteiger partial charge in [0.25, 0.3) is 0 Å². The van der Waals surface area contributed by atoms with Gasteiger partial charge in [-0.05, 0) is 44.9 Å². The normalized spacial score (nSPS) is 12.6. The van der Waals surface area contributed by atoms with Gasteiger partial charge in [-0.2, -0.15) is 0 Å². The van der Waals surface area contributed by atoms with Crippen molar-refractivity contribution in [2.24, 2.45) is 0 Å². The molecular formula is C42H82NO4+. The minimum Gasteiger partial charge on any atom is -0.477 e. The molecule has 0 heterocycles. The van der Waals surface area contributed by atoms with E-state index in [1.807, 2.05) is 14.1 Å². The first-order valence-corrected chi connectivity index (χ1v) is 20.7. The second-order valence-electron chi connectivity index (χ2n) is 15.2. The van der Waals surface area contributed by atoms with Crippen LogP contribution in [0.15, 0.2) is 12.2 Å². The van der Waals surface area contributed by atoms with E-state index < -0.39 is 5.97 Å². The van der Waals surface area contributed by atoms with Crippen molar-refractivity contribution in [3.8, 4) is 0 Å². The lowest BCUT2D eigenvalue weighted by molar-refractivity contribution is -0.886. The molecule has 0 spiro atoms. The number of rotatable bonds is 37. The number of carboxylic acid groups (broad SMARTS) is 1. The number of ether oxygens (including phenoxy) is 1. The maximum Gasteiger partial charge on any atom is 0.359 e. The summed E-state index contributed by atoms with van der Waals surface area (Å²) in [6, 6.07) is 0. The van der Waals surface area contributed by atoms with Crippen molar-refractivity contribution in [1.82, 2.24) is 0 Å². The van der Waals surface area contributed by atoms with E-state index in [2.05, 4.69) is 26.0 Å². The van der Waals surface area contributed by atoms with Crippen LogP contribution in [-0.4, -0.2) is 54.8 Å². The van der Waals surface area contributed by atoms with Gasteiger partial charge in [0.15, 0.2) is 12.6 Å². The Kier molecular flexibility index (Phi) is 33.5. The number of carbonyl (C=O) groups is 2. The lowest BCUT2D eigenvalue weighted by Gasteiger charge is -2.31. The Labute approximate surface area is 293 Å². The van der Waals surface area contributed by atoms with Crippen molar-refractivity contribution in [3.63, 3.8) is 0 Å². The lowest BCUT2D eigenvalue weighted by Crippen LogP contribution is -2.49. The summed E-state index contributed by atoms with van der Waals surface area (Å²) in [5.74, 6) is -0.921. The highest BCUT2D eigenvalue weighted by molar-refractivity contribution is 5.69. The maximum atomic E-state index is 12.7. The average Bonchev–Trinajstić information content (AvgIpc) is 3.01. The first kappa shape index (κ1) is 45.6. The molecule has 47 heavy (non-hydrogen) atoms. The van der Waals surface area contributed by atoms with Gasteiger partial charge in [0.05, 0.1) is 14.1 Å². The Balaban J connectivity index is 4.03. The quantitative estimate of drug-likeness (QED) is 0.0311. The molecule has 0 amide bonds. The van der Waals surface area contributed by atoms with E-state index in [9.17, 15) is 14.7 Å². The standard InChI is InChI=1S/C42H81NO4/c1-5-7-9-11-13-15-17-19-21-23-24-26-28-30-32-34-36-40(38-43(3,4)39-41(44)45)47-42(46)37-35-33-31-29-27-25-22-20-18-16-14-12-10-8-6-2/h20,22,40H,5-19,21,23-39H2,1-4H3/p+1. The van der Waals surface area contributed by atoms with Gasteiger partial charge in [-0.3, -0.25) is 4.79 Å². The molecule has 5 heteroatoms. The number of quaternary nitrogens is 1. The van der Waals surface area contributed by atoms with Crippen molar-refractivity contribution in [3.05, 3.63) is 12.2 Å². The molecule has 1 atom stereocenters. The van der Waals surface area contributed by atoms with Gasteiger partial charge in [-0.1, -0.05) is 174 Å². The van der Waals surface area contributed by atoms with Crippen molar-refractivity contribution in [1.29, 1.82) is 0 Å². The fourth-order valence-corrected chi connectivity index (χ4v) is 6.67. The summed E-state index contributed by atoms with van der Waals surface area (Å²) in [4.78, 5) is 24.1. The second kappa shape index (κ2) is 34.5. The predicted octanol–water partition coefficient (Wildman–Crippen LogP) is 12.7. The number of unbranched alkanes of at least 4 members (excludes halogenated alkanes) is 26. The number of aliphatic carboxylic acids is 1. The van der Waals surface area contributed by atoms with Gasteiger partial charge >= 0.3 is 11.9 Å². The number of esters is 1. The van der Waals surface area contributed by atoms with Gasteiger partial charge in [0.1, 0.15) is 6.54 Å². The molecule has 0 aliphatic rings. The highest BCUT2D eigenvalue weighted by atomic mass is 16.5. The SMILES string of the molecule is CCCCCCCCC=CCCCCCCCC(=O)OC(CCCCCCCCCCCCCCCCCC)C[N+](C)(C)CC(=O)O. The van der Waals surface area contributed by atoms with Crippen LogP contribution < -0.4 is 0 Å². The number of hydrogen-bond donors (Lipinski definition) is 1. The van der Waals surface area contributed by atoms with Crippen LogP contribution >= 0.6 is 0 Å². The molecule has 0 bridgehead atoms. The van der Waals surface area contributed by atoms with Gasteiger partial charge in [0.2, 0.25) is 0 Å². The van der Waals surface area contributed by atoms with Crippen LogP contribution in [0.3, 0.4) is 0 Å². The Morgan fingerprint density at radius 3 is 1.32 bits per heavy atom. The van der Waals surface area contributed by atoms with Gasteiger partial charge in [0, 0.05) is 6.42 Å². The van der Waals surface area contributed by atoms with E-state index in [1.165, 1.54) is 161 Å². The van der Waals surface area contributed by atoms with Crippen molar-refractivity contribution >= 4 is 11.9 Å². The summed E-state index contributed by atoms with van der Waals surface area (Å²) >= 11 is 0. The third-order valence-corrected chi connectivity index (χ3v) is 9.58. The van der Waals surface area contributed by atoms with Crippen molar-refractivity contribution in [2.45, 2.75) is 219 Å². The lowest BCUT2D eigenvalue weighted by atomic mass is 10.0. The van der Waals surface area contributed by atoms with Crippen LogP contribution in [-0.2, 0) is 14.3 Å². The number of allylic oxidation sites excluding steroid dienone is 2. The zero-order valence-corrected chi connectivity index (χ0v) is 32.2. The molecule has 0 radical (unpaired) electrons. The first-order valence-electron chi connectivity index (χ1n) is 20.7. The minimum atomic E-state index is -0.809. The average molecular weight is 665 g/mol. The Morgan fingerprint density at radius 1 is 0.553 bits per heavy atom. The van der Waals surface area contributed by atoms with Gasteiger partial charge in [-0.15, -0.1) is 0 Å². The fraction of sp³-hybridized carbons (Fsp3) is 0.905. The molecule has 5 nitrogen and oxygen atoms in total. The fourth-order valence-electron chi connectivity index (χ4n) is 6.67. The van der Waals surface area contributed by atoms with E-state index in [0.717, 1.165) is 32.1 Å². The second-order valence-corrected chi connectivity index (χ2v) is 15.2. The molecule has 0 aliphatic heterocycles. The topological polar surface area (TPSA) is 63.6 Å². The molecule has 0 rings (SSSR count). The monoisotopic (exact) mass is 665 g/mol. The Morgan fingerprint density at radius 2 is 0.915 bits per heavy atom. The summed E-state index contributed by atoms with van der Waals surface area (Å²) < 4.78 is 6.29. The summed E-state index contributed by atoms with van der Waals surface area (Å²) in [6.45, 7) is 5.15. The largest absolute Gasteiger partial charge is 0.477 e. The number of nitrogens with zero attached hydrogens (tertiary/aromatic N) is 1. The molecule has 1 N–H and O–H groups in total. The van der Waals surface area contributed by atoms with Crippen LogP contribution in [0.2, 0.25) is 0 Å². The Bertz CT molecular complexity index is 719. The van der Waals surface area contributed by atoms with E-state index >= 15 is 0 Å². The summed E-state index contributed by atoms with van der Waals surface area (Å²) in [5, 5.41) is 9.34. The van der Waals surface area contributed by atoms with Gasteiger partial charge < -0.3 is 14.3 Å². The summed E-state index contributed by atoms with van der Waals surface area (Å²) in [6.07, 6.45) is 43.4. The molecule has 278 valence electrons. The number of likely N-dealkylation sites (N-methyl/N-ethyl adjacent to an activating group) is 1. The molecule has 0 aromatic heterocycles. The van der Waals surface area contributed by atoms with E-state index in [0.29, 0.717) is 17.4 Å². The number of carboxylic acids is 1. The van der Waals surface area contributed by atoms with E-state index in [-0.39, 0.29) is 18.6 Å². The molecule has 0 aromatic rings. The molecule has 0 fully saturated rings. The number of hydrogen-bond acceptors (Lipinski definition) is 3. The van der Waals surface area contributed by atoms with Crippen molar-refractivity contribution < 1.29 is 23.9 Å². The van der Waals surface area contributed by atoms with Crippen LogP contribution in [0.25, 0.3) is 0 Å². The molecule has 1 unspecified atom stereocenters. The molecule has 0 saturated heterocycles. The smallest absolute Gasteiger partial charge is 0.359 e. The molecule has 0 saturated carbocycles. The van der Waals surface area contributed by atoms with Crippen molar-refractivity contribution in [2.75, 3.05) is 27.2 Å². The maximum absolute atomic E-state index is 12.7. The van der Waals surface area contributed by atoms with Crippen LogP contribution in [0.5, 0.6) is 0 Å². The summed E-state index contributed by atoms with van der Waals surface area (Å²) in [7, 11) is 3.85. The minimum absolute atomic E-state index is 0.0429. The van der Waals surface area contributed by atoms with Crippen LogP contribution in [0, 0.1) is 0 Å².